The normalized spacial score (nSPS) is 11.8. The maximum absolute atomic E-state index is 14.4. The first kappa shape index (κ1) is 23.1. The van der Waals surface area contributed by atoms with Crippen LogP contribution in [-0.4, -0.2) is 25.0 Å². The number of halogens is 1. The predicted octanol–water partition coefficient (Wildman–Crippen LogP) is 4.33. The molecule has 0 saturated carbocycles. The number of nitriles is 1. The molecule has 0 spiro atoms. The quantitative estimate of drug-likeness (QED) is 0.552. The summed E-state index contributed by atoms with van der Waals surface area (Å²) in [5.41, 5.74) is 2.00. The zero-order chi connectivity index (χ0) is 23.3. The number of amides is 2. The van der Waals surface area contributed by atoms with Crippen LogP contribution in [0.1, 0.15) is 44.4 Å². The number of nitrogens with zero attached hydrogens (tertiary/aromatic N) is 4. The van der Waals surface area contributed by atoms with Gasteiger partial charge in [-0.15, -0.1) is 0 Å². The summed E-state index contributed by atoms with van der Waals surface area (Å²) < 4.78 is 31.0. The number of carbonyl (C=O) groups is 1. The van der Waals surface area contributed by atoms with Gasteiger partial charge < -0.3 is 5.32 Å². The van der Waals surface area contributed by atoms with E-state index in [1.807, 2.05) is 26.8 Å². The van der Waals surface area contributed by atoms with Gasteiger partial charge in [-0.25, -0.2) is 18.4 Å². The highest BCUT2D eigenvalue weighted by Crippen LogP contribution is 2.36. The molecule has 0 aliphatic carbocycles. The molecule has 166 valence electrons. The molecule has 1 aromatic carbocycles. The van der Waals surface area contributed by atoms with Crippen LogP contribution in [0.2, 0.25) is 0 Å². The van der Waals surface area contributed by atoms with E-state index in [1.54, 1.807) is 23.0 Å². The third-order valence-corrected chi connectivity index (χ3v) is 5.59. The molecule has 2 amide bonds. The molecule has 10 heteroatoms. The van der Waals surface area contributed by atoms with Crippen LogP contribution in [0.3, 0.4) is 0 Å². The minimum atomic E-state index is -1.87. The van der Waals surface area contributed by atoms with Crippen molar-refractivity contribution >= 4 is 22.7 Å². The van der Waals surface area contributed by atoms with Crippen LogP contribution in [0.4, 0.5) is 14.9 Å². The van der Waals surface area contributed by atoms with E-state index < -0.39 is 22.8 Å². The fourth-order valence-electron chi connectivity index (χ4n) is 3.18. The van der Waals surface area contributed by atoms with E-state index in [0.717, 1.165) is 6.42 Å². The molecule has 0 saturated heterocycles. The van der Waals surface area contributed by atoms with Crippen molar-refractivity contribution in [1.29, 1.82) is 5.26 Å². The van der Waals surface area contributed by atoms with E-state index in [2.05, 4.69) is 20.1 Å². The highest BCUT2D eigenvalue weighted by atomic mass is 32.2. The largest absolute Gasteiger partial charge is 0.331 e. The van der Waals surface area contributed by atoms with Crippen LogP contribution in [-0.2, 0) is 17.5 Å². The Labute approximate surface area is 188 Å². The standard InChI is InChI=1S/C22H23FN6O2S/c1-4-8-29-9-6-20(27-29)32(31)28-22(30)26-21-18(14(2)3)11-16(23)12-19(21)15-5-7-25-17(10-15)13-24/h5-7,9-12,14H,4,8H2,1-3H3,(H2,26,28,30). The van der Waals surface area contributed by atoms with Crippen LogP contribution >= 0.6 is 0 Å². The van der Waals surface area contributed by atoms with Crippen molar-refractivity contribution in [3.05, 3.63) is 59.8 Å². The molecular weight excluding hydrogens is 431 g/mol. The Morgan fingerprint density at radius 1 is 1.31 bits per heavy atom. The monoisotopic (exact) mass is 454 g/mol. The van der Waals surface area contributed by atoms with Crippen molar-refractivity contribution in [3.63, 3.8) is 0 Å². The summed E-state index contributed by atoms with van der Waals surface area (Å²) in [5.74, 6) is -0.595. The molecule has 0 aliphatic heterocycles. The van der Waals surface area contributed by atoms with Crippen molar-refractivity contribution in [3.8, 4) is 17.2 Å². The van der Waals surface area contributed by atoms with Gasteiger partial charge in [0.05, 0.1) is 5.69 Å². The highest BCUT2D eigenvalue weighted by molar-refractivity contribution is 7.83. The summed E-state index contributed by atoms with van der Waals surface area (Å²) in [6, 6.07) is 8.57. The zero-order valence-corrected chi connectivity index (χ0v) is 18.7. The number of nitrogens with one attached hydrogen (secondary N) is 2. The summed E-state index contributed by atoms with van der Waals surface area (Å²) in [7, 11) is -1.87. The lowest BCUT2D eigenvalue weighted by molar-refractivity contribution is 0.257. The molecular formula is C22H23FN6O2S. The first-order valence-corrected chi connectivity index (χ1v) is 11.2. The van der Waals surface area contributed by atoms with Gasteiger partial charge in [-0.2, -0.15) is 10.4 Å². The lowest BCUT2D eigenvalue weighted by Crippen LogP contribution is -2.31. The van der Waals surface area contributed by atoms with Crippen molar-refractivity contribution in [2.24, 2.45) is 0 Å². The van der Waals surface area contributed by atoms with Crippen LogP contribution < -0.4 is 10.0 Å². The lowest BCUT2D eigenvalue weighted by Gasteiger charge is -2.19. The molecule has 8 nitrogen and oxygen atoms in total. The fourth-order valence-corrected chi connectivity index (χ4v) is 3.87. The number of urea groups is 1. The van der Waals surface area contributed by atoms with E-state index in [0.29, 0.717) is 28.9 Å². The summed E-state index contributed by atoms with van der Waals surface area (Å²) in [6.07, 6.45) is 4.01. The molecule has 3 rings (SSSR count). The molecule has 0 fully saturated rings. The third kappa shape index (κ3) is 5.36. The average molecular weight is 455 g/mol. The Morgan fingerprint density at radius 3 is 2.78 bits per heavy atom. The molecule has 3 aromatic rings. The van der Waals surface area contributed by atoms with Crippen molar-refractivity contribution in [2.75, 3.05) is 5.32 Å². The second kappa shape index (κ2) is 10.2. The number of aryl methyl sites for hydroxylation is 1. The number of aromatic nitrogens is 3. The van der Waals surface area contributed by atoms with Gasteiger partial charge in [0, 0.05) is 24.5 Å². The molecule has 2 N–H and O–H groups in total. The number of hydrogen-bond acceptors (Lipinski definition) is 5. The van der Waals surface area contributed by atoms with Gasteiger partial charge in [0.2, 0.25) is 0 Å². The van der Waals surface area contributed by atoms with Crippen molar-refractivity contribution in [1.82, 2.24) is 19.5 Å². The summed E-state index contributed by atoms with van der Waals surface area (Å²) in [5, 5.41) is 16.3. The predicted molar refractivity (Wildman–Crippen MR) is 120 cm³/mol. The number of rotatable bonds is 7. The van der Waals surface area contributed by atoms with Crippen LogP contribution in [0.25, 0.3) is 11.1 Å². The SMILES string of the molecule is CCCn1ccc(S(=O)NC(=O)Nc2c(-c3ccnc(C#N)c3)cc(F)cc2C(C)C)n1. The Hall–Kier alpha value is -3.58. The van der Waals surface area contributed by atoms with E-state index in [1.165, 1.54) is 24.4 Å². The van der Waals surface area contributed by atoms with E-state index in [-0.39, 0.29) is 16.6 Å². The van der Waals surface area contributed by atoms with Crippen LogP contribution in [0.5, 0.6) is 0 Å². The van der Waals surface area contributed by atoms with Gasteiger partial charge in [0.1, 0.15) is 17.6 Å². The molecule has 1 unspecified atom stereocenters. The first-order chi connectivity index (χ1) is 15.3. The first-order valence-electron chi connectivity index (χ1n) is 10.0. The summed E-state index contributed by atoms with van der Waals surface area (Å²) in [6.45, 7) is 6.41. The van der Waals surface area contributed by atoms with Crippen molar-refractivity contribution in [2.45, 2.75) is 44.7 Å². The van der Waals surface area contributed by atoms with Gasteiger partial charge in [-0.05, 0) is 53.8 Å². The summed E-state index contributed by atoms with van der Waals surface area (Å²) in [4.78, 5) is 16.6. The molecule has 0 bridgehead atoms. The molecule has 0 radical (unpaired) electrons. The summed E-state index contributed by atoms with van der Waals surface area (Å²) >= 11 is 0. The number of hydrogen-bond donors (Lipinski definition) is 2. The second-order valence-corrected chi connectivity index (χ2v) is 8.52. The zero-order valence-electron chi connectivity index (χ0n) is 17.9. The highest BCUT2D eigenvalue weighted by Gasteiger charge is 2.19. The lowest BCUT2D eigenvalue weighted by atomic mass is 9.94. The minimum Gasteiger partial charge on any atom is -0.306 e. The minimum absolute atomic E-state index is 0.118. The van der Waals surface area contributed by atoms with Gasteiger partial charge in [-0.3, -0.25) is 9.40 Å². The van der Waals surface area contributed by atoms with Crippen LogP contribution in [0.15, 0.2) is 47.8 Å². The maximum Gasteiger partial charge on any atom is 0.331 e. The molecule has 0 aliphatic rings. The van der Waals surface area contributed by atoms with Gasteiger partial charge in [0.25, 0.3) is 0 Å². The molecule has 1 atom stereocenters. The molecule has 2 aromatic heterocycles. The number of anilines is 1. The molecule has 2 heterocycles. The Kier molecular flexibility index (Phi) is 7.33. The number of pyridine rings is 1. The van der Waals surface area contributed by atoms with Crippen LogP contribution in [0, 0.1) is 17.1 Å². The van der Waals surface area contributed by atoms with E-state index in [9.17, 15) is 13.4 Å². The van der Waals surface area contributed by atoms with Gasteiger partial charge >= 0.3 is 6.03 Å². The Bertz CT molecular complexity index is 1200. The maximum atomic E-state index is 14.4. The van der Waals surface area contributed by atoms with Gasteiger partial charge in [-0.1, -0.05) is 20.8 Å². The topological polar surface area (TPSA) is 113 Å². The average Bonchev–Trinajstić information content (AvgIpc) is 3.23. The number of benzene rings is 1. The Morgan fingerprint density at radius 2 is 2.09 bits per heavy atom. The fraction of sp³-hybridized carbons (Fsp3) is 0.273. The molecule has 32 heavy (non-hydrogen) atoms. The van der Waals surface area contributed by atoms with Gasteiger partial charge in [0.15, 0.2) is 16.0 Å². The second-order valence-electron chi connectivity index (χ2n) is 7.36. The smallest absolute Gasteiger partial charge is 0.306 e. The van der Waals surface area contributed by atoms with Crippen molar-refractivity contribution < 1.29 is 13.4 Å². The third-order valence-electron chi connectivity index (χ3n) is 4.62. The number of carbonyl (C=O) groups excluding carboxylic acids is 1. The Balaban J connectivity index is 1.92. The van der Waals surface area contributed by atoms with E-state index in [4.69, 9.17) is 5.26 Å². The van der Waals surface area contributed by atoms with E-state index >= 15 is 0 Å².